The molecule has 1 fully saturated rings. The SMILES string of the molecule is CC(C)c1nc(S(C)(=O)=O)nc(-c2ccc(F)cc2)c1C=C[C@@H]1C[C@H](CC(=O)OC(C)(C)C)OC(C)(C)O1. The highest BCUT2D eigenvalue weighted by molar-refractivity contribution is 7.90. The number of carbonyl (C=O) groups is 1. The van der Waals surface area contributed by atoms with Crippen molar-refractivity contribution in [1.29, 1.82) is 0 Å². The number of halogens is 1. The zero-order valence-electron chi connectivity index (χ0n) is 23.2. The first-order valence-corrected chi connectivity index (χ1v) is 14.5. The summed E-state index contributed by atoms with van der Waals surface area (Å²) >= 11 is 0. The Kier molecular flexibility index (Phi) is 8.80. The predicted molar refractivity (Wildman–Crippen MR) is 143 cm³/mol. The van der Waals surface area contributed by atoms with Gasteiger partial charge in [0.05, 0.1) is 30.0 Å². The van der Waals surface area contributed by atoms with Crippen LogP contribution in [0, 0.1) is 5.82 Å². The van der Waals surface area contributed by atoms with Crippen LogP contribution in [-0.2, 0) is 28.8 Å². The van der Waals surface area contributed by atoms with Crippen LogP contribution in [0.3, 0.4) is 0 Å². The van der Waals surface area contributed by atoms with Gasteiger partial charge < -0.3 is 14.2 Å². The summed E-state index contributed by atoms with van der Waals surface area (Å²) in [6.45, 7) is 12.8. The van der Waals surface area contributed by atoms with E-state index < -0.39 is 39.3 Å². The fraction of sp³-hybridized carbons (Fsp3) is 0.536. The molecule has 8 nitrogen and oxygen atoms in total. The topological polar surface area (TPSA) is 105 Å². The smallest absolute Gasteiger partial charge is 0.308 e. The van der Waals surface area contributed by atoms with Gasteiger partial charge in [-0.05, 0) is 64.8 Å². The van der Waals surface area contributed by atoms with Gasteiger partial charge in [0.1, 0.15) is 11.4 Å². The first kappa shape index (κ1) is 29.9. The number of carbonyl (C=O) groups excluding carboxylic acids is 1. The molecular weight excluding hydrogens is 511 g/mol. The van der Waals surface area contributed by atoms with E-state index >= 15 is 0 Å². The number of aromatic nitrogens is 2. The van der Waals surface area contributed by atoms with Crippen molar-refractivity contribution < 1.29 is 31.8 Å². The number of ether oxygens (including phenoxy) is 3. The van der Waals surface area contributed by atoms with E-state index in [2.05, 4.69) is 9.97 Å². The molecule has 208 valence electrons. The molecule has 0 bridgehead atoms. The molecule has 0 spiro atoms. The highest BCUT2D eigenvalue weighted by Gasteiger charge is 2.36. The first-order chi connectivity index (χ1) is 17.4. The summed E-state index contributed by atoms with van der Waals surface area (Å²) in [6.07, 6.45) is 4.35. The van der Waals surface area contributed by atoms with E-state index in [0.29, 0.717) is 28.9 Å². The highest BCUT2D eigenvalue weighted by Crippen LogP contribution is 2.33. The second-order valence-corrected chi connectivity index (χ2v) is 13.2. The molecule has 1 aliphatic heterocycles. The van der Waals surface area contributed by atoms with E-state index in [9.17, 15) is 17.6 Å². The molecule has 2 atom stereocenters. The van der Waals surface area contributed by atoms with Crippen LogP contribution in [0.2, 0.25) is 0 Å². The van der Waals surface area contributed by atoms with Crippen LogP contribution in [0.4, 0.5) is 4.39 Å². The summed E-state index contributed by atoms with van der Waals surface area (Å²) < 4.78 is 55.9. The molecule has 2 aromatic rings. The van der Waals surface area contributed by atoms with Crippen LogP contribution in [0.1, 0.15) is 78.5 Å². The largest absolute Gasteiger partial charge is 0.460 e. The van der Waals surface area contributed by atoms with Gasteiger partial charge in [0.25, 0.3) is 0 Å². The third-order valence-corrected chi connectivity index (χ3v) is 6.47. The van der Waals surface area contributed by atoms with Gasteiger partial charge in [0.2, 0.25) is 15.0 Å². The number of nitrogens with zero attached hydrogens (tertiary/aromatic N) is 2. The number of hydrogen-bond donors (Lipinski definition) is 0. The average Bonchev–Trinajstić information content (AvgIpc) is 2.74. The second-order valence-electron chi connectivity index (χ2n) is 11.3. The van der Waals surface area contributed by atoms with Crippen LogP contribution in [0.25, 0.3) is 17.3 Å². The summed E-state index contributed by atoms with van der Waals surface area (Å²) in [6, 6.07) is 5.70. The highest BCUT2D eigenvalue weighted by atomic mass is 32.2. The normalized spacial score (nSPS) is 20.2. The average molecular weight is 549 g/mol. The number of sulfone groups is 1. The maximum atomic E-state index is 13.7. The molecule has 1 aromatic heterocycles. The number of hydrogen-bond acceptors (Lipinski definition) is 8. The van der Waals surface area contributed by atoms with E-state index in [4.69, 9.17) is 14.2 Å². The monoisotopic (exact) mass is 548 g/mol. The van der Waals surface area contributed by atoms with Gasteiger partial charge >= 0.3 is 5.97 Å². The first-order valence-electron chi connectivity index (χ1n) is 12.6. The van der Waals surface area contributed by atoms with E-state index in [1.54, 1.807) is 32.1 Å². The lowest BCUT2D eigenvalue weighted by atomic mass is 9.97. The Balaban J connectivity index is 2.01. The van der Waals surface area contributed by atoms with Gasteiger partial charge in [-0.3, -0.25) is 4.79 Å². The summed E-state index contributed by atoms with van der Waals surface area (Å²) in [5.74, 6) is -1.85. The van der Waals surface area contributed by atoms with Gasteiger partial charge in [-0.1, -0.05) is 26.0 Å². The van der Waals surface area contributed by atoms with Crippen LogP contribution in [-0.4, -0.2) is 54.2 Å². The minimum atomic E-state index is -3.70. The third kappa shape index (κ3) is 8.15. The molecule has 10 heteroatoms. The zero-order chi connectivity index (χ0) is 28.5. The number of rotatable bonds is 7. The molecule has 2 heterocycles. The third-order valence-electron chi connectivity index (χ3n) is 5.62. The van der Waals surface area contributed by atoms with Gasteiger partial charge in [-0.25, -0.2) is 22.8 Å². The Hall–Kier alpha value is -2.69. The Morgan fingerprint density at radius 2 is 1.82 bits per heavy atom. The Morgan fingerprint density at radius 3 is 2.37 bits per heavy atom. The summed E-state index contributed by atoms with van der Waals surface area (Å²) in [5.41, 5.74) is 1.47. The van der Waals surface area contributed by atoms with Crippen molar-refractivity contribution in [2.75, 3.05) is 6.26 Å². The van der Waals surface area contributed by atoms with Gasteiger partial charge in [-0.2, -0.15) is 0 Å². The minimum Gasteiger partial charge on any atom is -0.460 e. The lowest BCUT2D eigenvalue weighted by Crippen LogP contribution is -2.45. The van der Waals surface area contributed by atoms with Crippen molar-refractivity contribution in [3.05, 3.63) is 47.4 Å². The fourth-order valence-electron chi connectivity index (χ4n) is 4.23. The molecule has 1 aromatic carbocycles. The zero-order valence-corrected chi connectivity index (χ0v) is 24.1. The molecule has 1 saturated heterocycles. The molecule has 38 heavy (non-hydrogen) atoms. The lowest BCUT2D eigenvalue weighted by molar-refractivity contribution is -0.290. The van der Waals surface area contributed by atoms with Crippen molar-refractivity contribution in [2.24, 2.45) is 0 Å². The molecule has 1 aliphatic rings. The van der Waals surface area contributed by atoms with Gasteiger partial charge in [0.15, 0.2) is 5.79 Å². The molecule has 0 unspecified atom stereocenters. The molecule has 0 radical (unpaired) electrons. The Bertz CT molecular complexity index is 1300. The van der Waals surface area contributed by atoms with Crippen LogP contribution < -0.4 is 0 Å². The molecular formula is C28H37FN2O6S. The summed E-state index contributed by atoms with van der Waals surface area (Å²) in [5, 5.41) is -0.293. The van der Waals surface area contributed by atoms with E-state index in [1.807, 2.05) is 40.7 Å². The van der Waals surface area contributed by atoms with Crippen molar-refractivity contribution in [2.45, 2.75) is 96.0 Å². The van der Waals surface area contributed by atoms with Crippen molar-refractivity contribution in [3.63, 3.8) is 0 Å². The van der Waals surface area contributed by atoms with Crippen molar-refractivity contribution in [1.82, 2.24) is 9.97 Å². The number of benzene rings is 1. The second kappa shape index (κ2) is 11.2. The Morgan fingerprint density at radius 1 is 1.18 bits per heavy atom. The molecule has 0 saturated carbocycles. The van der Waals surface area contributed by atoms with Crippen molar-refractivity contribution >= 4 is 21.9 Å². The maximum absolute atomic E-state index is 13.7. The van der Waals surface area contributed by atoms with Gasteiger partial charge in [0, 0.05) is 23.8 Å². The quantitative estimate of drug-likeness (QED) is 0.332. The lowest BCUT2D eigenvalue weighted by Gasteiger charge is -2.39. The Labute approximate surface area is 224 Å². The van der Waals surface area contributed by atoms with E-state index in [1.165, 1.54) is 12.1 Å². The summed E-state index contributed by atoms with van der Waals surface area (Å²) in [7, 11) is -3.70. The maximum Gasteiger partial charge on any atom is 0.308 e. The number of esters is 1. The minimum absolute atomic E-state index is 0.0820. The van der Waals surface area contributed by atoms with Crippen LogP contribution in [0.5, 0.6) is 0 Å². The molecule has 0 N–H and O–H groups in total. The van der Waals surface area contributed by atoms with Gasteiger partial charge in [-0.15, -0.1) is 0 Å². The van der Waals surface area contributed by atoms with E-state index in [0.717, 1.165) is 6.26 Å². The molecule has 3 rings (SSSR count). The standard InChI is InChI=1S/C28H37FN2O6S/c1-17(2)24-22(25(18-9-11-19(29)12-10-18)31-26(30-24)38(8,33)34)14-13-20-15-21(36-28(6,7)35-20)16-23(32)37-27(3,4)5/h9-14,17,20-21H,15-16H2,1-8H3/t20-,21-/m1/s1. The molecule has 0 aliphatic carbocycles. The van der Waals surface area contributed by atoms with Crippen LogP contribution in [0.15, 0.2) is 35.5 Å². The molecule has 0 amide bonds. The van der Waals surface area contributed by atoms with E-state index in [-0.39, 0.29) is 23.5 Å². The summed E-state index contributed by atoms with van der Waals surface area (Å²) in [4.78, 5) is 21.2. The van der Waals surface area contributed by atoms with Crippen molar-refractivity contribution in [3.8, 4) is 11.3 Å². The predicted octanol–water partition coefficient (Wildman–Crippen LogP) is 5.46. The van der Waals surface area contributed by atoms with Crippen LogP contribution >= 0.6 is 0 Å². The fourth-order valence-corrected chi connectivity index (χ4v) is 4.75.